The van der Waals surface area contributed by atoms with E-state index in [0.29, 0.717) is 12.3 Å². The van der Waals surface area contributed by atoms with Crippen LogP contribution in [0.15, 0.2) is 23.1 Å². The molecular weight excluding hydrogens is 262 g/mol. The Morgan fingerprint density at radius 3 is 2.76 bits per heavy atom. The summed E-state index contributed by atoms with van der Waals surface area (Å²) in [5.74, 6) is -0.437. The van der Waals surface area contributed by atoms with Crippen molar-refractivity contribution in [3.63, 3.8) is 0 Å². The summed E-state index contributed by atoms with van der Waals surface area (Å²) in [4.78, 5) is 22.3. The lowest BCUT2D eigenvalue weighted by Gasteiger charge is -2.05. The van der Waals surface area contributed by atoms with E-state index in [1.54, 1.807) is 12.1 Å². The number of rotatable bonds is 5. The van der Waals surface area contributed by atoms with E-state index in [2.05, 4.69) is 5.32 Å². The second-order valence-corrected chi connectivity index (χ2v) is 4.85. The quantitative estimate of drug-likeness (QED) is 0.638. The number of aromatic carboxylic acids is 1. The smallest absolute Gasteiger partial charge is 0.337 e. The molecule has 0 saturated carbocycles. The highest BCUT2D eigenvalue weighted by Gasteiger charge is 2.09. The summed E-state index contributed by atoms with van der Waals surface area (Å²) in [6.45, 7) is 2.00. The maximum Gasteiger partial charge on any atom is 0.337 e. The maximum atomic E-state index is 10.8. The molecule has 0 atom stereocenters. The van der Waals surface area contributed by atoms with Crippen LogP contribution >= 0.6 is 23.4 Å². The monoisotopic (exact) mass is 273 g/mol. The largest absolute Gasteiger partial charge is 0.478 e. The van der Waals surface area contributed by atoms with Crippen LogP contribution in [0.3, 0.4) is 0 Å². The molecule has 0 radical (unpaired) electrons. The molecular formula is C11H12ClNO3S. The molecule has 0 aromatic heterocycles. The van der Waals surface area contributed by atoms with Crippen molar-refractivity contribution in [2.75, 3.05) is 12.3 Å². The number of hydrogen-bond acceptors (Lipinski definition) is 3. The Morgan fingerprint density at radius 2 is 2.18 bits per heavy atom. The molecule has 4 nitrogen and oxygen atoms in total. The molecule has 0 unspecified atom stereocenters. The van der Waals surface area contributed by atoms with Crippen LogP contribution in [0.2, 0.25) is 5.02 Å². The molecule has 0 bridgehead atoms. The lowest BCUT2D eigenvalue weighted by molar-refractivity contribution is -0.118. The Balaban J connectivity index is 2.57. The van der Waals surface area contributed by atoms with Crippen molar-refractivity contribution in [1.82, 2.24) is 5.32 Å². The Hall–Kier alpha value is -1.20. The van der Waals surface area contributed by atoms with Gasteiger partial charge >= 0.3 is 5.97 Å². The highest BCUT2D eigenvalue weighted by atomic mass is 35.5. The molecule has 92 valence electrons. The van der Waals surface area contributed by atoms with E-state index < -0.39 is 5.97 Å². The molecule has 1 rings (SSSR count). The number of amides is 1. The van der Waals surface area contributed by atoms with Gasteiger partial charge in [-0.25, -0.2) is 4.79 Å². The third-order valence-corrected chi connectivity index (χ3v) is 3.24. The highest BCUT2D eigenvalue weighted by Crippen LogP contribution is 2.24. The molecule has 0 aliphatic rings. The number of carbonyl (C=O) groups is 2. The molecule has 0 saturated heterocycles. The van der Waals surface area contributed by atoms with Crippen molar-refractivity contribution in [3.8, 4) is 0 Å². The standard InChI is InChI=1S/C11H12ClNO3S/c1-7(14)13-4-5-17-8-2-3-10(12)9(6-8)11(15)16/h2-3,6H,4-5H2,1H3,(H,13,14)(H,15,16). The SMILES string of the molecule is CC(=O)NCCSc1ccc(Cl)c(C(=O)O)c1. The van der Waals surface area contributed by atoms with Crippen LogP contribution in [0.25, 0.3) is 0 Å². The number of benzene rings is 1. The van der Waals surface area contributed by atoms with Crippen LogP contribution in [0.5, 0.6) is 0 Å². The first-order valence-electron chi connectivity index (χ1n) is 4.91. The minimum absolute atomic E-state index is 0.0760. The number of carboxylic acid groups (broad SMARTS) is 1. The predicted octanol–water partition coefficient (Wildman–Crippen LogP) is 2.27. The van der Waals surface area contributed by atoms with Crippen molar-refractivity contribution >= 4 is 35.2 Å². The highest BCUT2D eigenvalue weighted by molar-refractivity contribution is 7.99. The molecule has 0 aliphatic carbocycles. The van der Waals surface area contributed by atoms with Gasteiger partial charge in [-0.15, -0.1) is 11.8 Å². The second-order valence-electron chi connectivity index (χ2n) is 3.28. The van der Waals surface area contributed by atoms with Crippen molar-refractivity contribution in [1.29, 1.82) is 0 Å². The second kappa shape index (κ2) is 6.51. The minimum atomic E-state index is -1.04. The first-order valence-corrected chi connectivity index (χ1v) is 6.27. The van der Waals surface area contributed by atoms with Gasteiger partial charge in [0.2, 0.25) is 5.91 Å². The Kier molecular flexibility index (Phi) is 5.31. The third-order valence-electron chi connectivity index (χ3n) is 1.91. The molecule has 0 aliphatic heterocycles. The van der Waals surface area contributed by atoms with Gasteiger partial charge in [0.15, 0.2) is 0 Å². The molecule has 1 aromatic carbocycles. The average Bonchev–Trinajstić information content (AvgIpc) is 2.25. The van der Waals surface area contributed by atoms with Crippen LogP contribution in [0.4, 0.5) is 0 Å². The van der Waals surface area contributed by atoms with E-state index in [0.717, 1.165) is 4.90 Å². The summed E-state index contributed by atoms with van der Waals surface area (Å²) in [6.07, 6.45) is 0. The van der Waals surface area contributed by atoms with E-state index in [-0.39, 0.29) is 16.5 Å². The molecule has 17 heavy (non-hydrogen) atoms. The Morgan fingerprint density at radius 1 is 1.47 bits per heavy atom. The predicted molar refractivity (Wildman–Crippen MR) is 67.8 cm³/mol. The van der Waals surface area contributed by atoms with Crippen LogP contribution in [-0.4, -0.2) is 29.3 Å². The van der Waals surface area contributed by atoms with Gasteiger partial charge in [0, 0.05) is 24.1 Å². The molecule has 0 fully saturated rings. The first-order chi connectivity index (χ1) is 8.00. The topological polar surface area (TPSA) is 66.4 Å². The van der Waals surface area contributed by atoms with Crippen LogP contribution in [0.1, 0.15) is 17.3 Å². The summed E-state index contributed by atoms with van der Waals surface area (Å²) >= 11 is 7.21. The van der Waals surface area contributed by atoms with Gasteiger partial charge in [0.1, 0.15) is 0 Å². The fraction of sp³-hybridized carbons (Fsp3) is 0.273. The van der Waals surface area contributed by atoms with Gasteiger partial charge in [-0.05, 0) is 18.2 Å². The van der Waals surface area contributed by atoms with Crippen LogP contribution in [-0.2, 0) is 4.79 Å². The zero-order valence-electron chi connectivity index (χ0n) is 9.20. The molecule has 1 amide bonds. The number of thioether (sulfide) groups is 1. The normalized spacial score (nSPS) is 10.0. The van der Waals surface area contributed by atoms with Gasteiger partial charge in [-0.3, -0.25) is 4.79 Å². The van der Waals surface area contributed by atoms with Gasteiger partial charge < -0.3 is 10.4 Å². The van der Waals surface area contributed by atoms with Gasteiger partial charge in [0.25, 0.3) is 0 Å². The number of nitrogens with one attached hydrogen (secondary N) is 1. The molecule has 2 N–H and O–H groups in total. The minimum Gasteiger partial charge on any atom is -0.478 e. The van der Waals surface area contributed by atoms with Crippen molar-refractivity contribution in [3.05, 3.63) is 28.8 Å². The molecule has 0 heterocycles. The lowest BCUT2D eigenvalue weighted by Crippen LogP contribution is -2.22. The van der Waals surface area contributed by atoms with Gasteiger partial charge in [-0.1, -0.05) is 11.6 Å². The molecule has 1 aromatic rings. The van der Waals surface area contributed by atoms with Crippen molar-refractivity contribution in [2.45, 2.75) is 11.8 Å². The third kappa shape index (κ3) is 4.66. The summed E-state index contributed by atoms with van der Waals surface area (Å²) in [7, 11) is 0. The maximum absolute atomic E-state index is 10.8. The van der Waals surface area contributed by atoms with E-state index in [1.165, 1.54) is 24.8 Å². The van der Waals surface area contributed by atoms with Crippen LogP contribution < -0.4 is 5.32 Å². The summed E-state index contributed by atoms with van der Waals surface area (Å²) in [5.41, 5.74) is 0.0937. The molecule has 0 spiro atoms. The first kappa shape index (κ1) is 13.9. The number of halogens is 1. The lowest BCUT2D eigenvalue weighted by atomic mass is 10.2. The van der Waals surface area contributed by atoms with Gasteiger partial charge in [0.05, 0.1) is 10.6 Å². The summed E-state index contributed by atoms with van der Waals surface area (Å²) in [6, 6.07) is 4.85. The van der Waals surface area contributed by atoms with E-state index in [1.807, 2.05) is 0 Å². The number of carbonyl (C=O) groups excluding carboxylic acids is 1. The zero-order valence-corrected chi connectivity index (χ0v) is 10.8. The fourth-order valence-electron chi connectivity index (χ4n) is 1.15. The van der Waals surface area contributed by atoms with Crippen LogP contribution in [0, 0.1) is 0 Å². The summed E-state index contributed by atoms with van der Waals surface area (Å²) < 4.78 is 0. The zero-order chi connectivity index (χ0) is 12.8. The van der Waals surface area contributed by atoms with E-state index in [4.69, 9.17) is 16.7 Å². The number of carboxylic acids is 1. The Bertz CT molecular complexity index is 437. The fourth-order valence-corrected chi connectivity index (χ4v) is 2.16. The van der Waals surface area contributed by atoms with E-state index >= 15 is 0 Å². The Labute approximate surface area is 108 Å². The summed E-state index contributed by atoms with van der Waals surface area (Å²) in [5, 5.41) is 11.8. The molecule has 6 heteroatoms. The van der Waals surface area contributed by atoms with E-state index in [9.17, 15) is 9.59 Å². The number of hydrogen-bond donors (Lipinski definition) is 2. The van der Waals surface area contributed by atoms with Crippen molar-refractivity contribution in [2.24, 2.45) is 0 Å². The van der Waals surface area contributed by atoms with Gasteiger partial charge in [-0.2, -0.15) is 0 Å². The van der Waals surface area contributed by atoms with Crippen molar-refractivity contribution < 1.29 is 14.7 Å². The average molecular weight is 274 g/mol.